The number of rotatable bonds is 8. The summed E-state index contributed by atoms with van der Waals surface area (Å²) in [5.74, 6) is -0.970. The predicted octanol–water partition coefficient (Wildman–Crippen LogP) is 4.35. The molecule has 8 heteroatoms. The van der Waals surface area contributed by atoms with Gasteiger partial charge in [0, 0.05) is 19.2 Å². The summed E-state index contributed by atoms with van der Waals surface area (Å²) in [5.41, 5.74) is 2.15. The van der Waals surface area contributed by atoms with Crippen molar-refractivity contribution in [1.29, 1.82) is 0 Å². The van der Waals surface area contributed by atoms with Gasteiger partial charge in [-0.2, -0.15) is 0 Å². The number of nitrogens with zero attached hydrogens (tertiary/aromatic N) is 2. The number of methoxy groups -OCH3 is 2. The van der Waals surface area contributed by atoms with Crippen molar-refractivity contribution in [3.05, 3.63) is 82.1 Å². The Bertz CT molecular complexity index is 1220. The van der Waals surface area contributed by atoms with E-state index in [9.17, 15) is 14.7 Å². The zero-order valence-electron chi connectivity index (χ0n) is 18.6. The maximum atomic E-state index is 13.7. The molecule has 2 heterocycles. The van der Waals surface area contributed by atoms with Gasteiger partial charge in [0.05, 0.1) is 35.9 Å². The summed E-state index contributed by atoms with van der Waals surface area (Å²) in [5, 5.41) is 11.5. The summed E-state index contributed by atoms with van der Waals surface area (Å²) in [6.07, 6.45) is 0. The van der Waals surface area contributed by atoms with E-state index in [2.05, 4.69) is 4.98 Å². The fraction of sp³-hybridized carbons (Fsp3) is 0.240. The molecule has 3 aromatic rings. The second kappa shape index (κ2) is 9.56. The number of ether oxygens (including phenoxy) is 2. The number of hydrogen-bond donors (Lipinski definition) is 1. The number of aryl methyl sites for hydroxylation is 1. The largest absolute Gasteiger partial charge is 0.503 e. The molecule has 0 saturated carbocycles. The van der Waals surface area contributed by atoms with E-state index < -0.39 is 23.5 Å². The molecule has 33 heavy (non-hydrogen) atoms. The van der Waals surface area contributed by atoms with E-state index >= 15 is 0 Å². The number of hydrogen-bond acceptors (Lipinski definition) is 7. The van der Waals surface area contributed by atoms with Crippen LogP contribution in [0.2, 0.25) is 0 Å². The topological polar surface area (TPSA) is 89.0 Å². The second-order valence-electron chi connectivity index (χ2n) is 7.56. The molecule has 1 aliphatic rings. The summed E-state index contributed by atoms with van der Waals surface area (Å²) >= 11 is 1.25. The third-order valence-electron chi connectivity index (χ3n) is 5.52. The van der Waals surface area contributed by atoms with Gasteiger partial charge in [0.1, 0.15) is 10.8 Å². The van der Waals surface area contributed by atoms with E-state index in [1.165, 1.54) is 23.3 Å². The van der Waals surface area contributed by atoms with Crippen LogP contribution in [0.15, 0.2) is 65.9 Å². The number of aliphatic hydroxyl groups is 1. The fourth-order valence-corrected chi connectivity index (χ4v) is 4.92. The Hall–Kier alpha value is -3.49. The van der Waals surface area contributed by atoms with E-state index in [1.54, 1.807) is 38.3 Å². The van der Waals surface area contributed by atoms with Crippen molar-refractivity contribution >= 4 is 23.0 Å². The molecule has 7 nitrogen and oxygen atoms in total. The number of thiazole rings is 1. The molecule has 4 rings (SSSR count). The van der Waals surface area contributed by atoms with Gasteiger partial charge in [-0.3, -0.25) is 9.59 Å². The first-order valence-electron chi connectivity index (χ1n) is 10.4. The summed E-state index contributed by atoms with van der Waals surface area (Å²) in [4.78, 5) is 33.1. The molecule has 0 aliphatic carbocycles. The van der Waals surface area contributed by atoms with Crippen LogP contribution < -0.4 is 4.74 Å². The van der Waals surface area contributed by atoms with Gasteiger partial charge < -0.3 is 19.5 Å². The number of Topliss-reactive ketones (excluding diaryl/α,β-unsaturated/α-hetero) is 1. The number of carbonyl (C=O) groups is 2. The summed E-state index contributed by atoms with van der Waals surface area (Å²) in [6.45, 7) is 2.24. The van der Waals surface area contributed by atoms with Crippen LogP contribution in [0.3, 0.4) is 0 Å². The second-order valence-corrected chi connectivity index (χ2v) is 8.56. The number of ketones is 1. The predicted molar refractivity (Wildman–Crippen MR) is 126 cm³/mol. The lowest BCUT2D eigenvalue weighted by molar-refractivity contribution is -0.130. The molecule has 1 amide bonds. The van der Waals surface area contributed by atoms with Crippen LogP contribution in [0.25, 0.3) is 10.6 Å². The van der Waals surface area contributed by atoms with E-state index in [-0.39, 0.29) is 18.7 Å². The minimum Gasteiger partial charge on any atom is -0.503 e. The average Bonchev–Trinajstić information content (AvgIpc) is 3.35. The van der Waals surface area contributed by atoms with Crippen LogP contribution in [0, 0.1) is 6.92 Å². The monoisotopic (exact) mass is 464 g/mol. The quantitative estimate of drug-likeness (QED) is 0.499. The van der Waals surface area contributed by atoms with E-state index in [4.69, 9.17) is 9.47 Å². The Balaban J connectivity index is 1.79. The summed E-state index contributed by atoms with van der Waals surface area (Å²) < 4.78 is 10.5. The fourth-order valence-electron chi connectivity index (χ4n) is 3.90. The van der Waals surface area contributed by atoms with Crippen molar-refractivity contribution < 1.29 is 24.2 Å². The molecular weight excluding hydrogens is 440 g/mol. The van der Waals surface area contributed by atoms with Crippen molar-refractivity contribution in [1.82, 2.24) is 9.88 Å². The lowest BCUT2D eigenvalue weighted by atomic mass is 9.95. The van der Waals surface area contributed by atoms with Crippen LogP contribution in [-0.4, -0.2) is 54.1 Å². The van der Waals surface area contributed by atoms with Gasteiger partial charge in [-0.15, -0.1) is 11.3 Å². The highest BCUT2D eigenvalue weighted by Crippen LogP contribution is 2.41. The van der Waals surface area contributed by atoms with E-state index in [0.717, 1.165) is 5.56 Å². The van der Waals surface area contributed by atoms with Gasteiger partial charge >= 0.3 is 0 Å². The molecule has 0 bridgehead atoms. The molecule has 0 saturated heterocycles. The first kappa shape index (κ1) is 22.7. The zero-order valence-corrected chi connectivity index (χ0v) is 19.4. The Morgan fingerprint density at radius 3 is 2.61 bits per heavy atom. The van der Waals surface area contributed by atoms with Gasteiger partial charge in [0.2, 0.25) is 5.78 Å². The normalized spacial score (nSPS) is 15.9. The number of amides is 1. The standard InChI is InChI=1S/C25H24N2O5S/c1-15-23(33-24(26-15)16-8-5-4-6-9-16)21(28)19-20(17-10-7-11-18(14-17)32-3)27(12-13-31-2)25(30)22(19)29/h4-11,14,20,29H,12-13H2,1-3H3. The molecule has 1 unspecified atom stereocenters. The minimum atomic E-state index is -0.767. The van der Waals surface area contributed by atoms with Crippen LogP contribution in [-0.2, 0) is 9.53 Å². The van der Waals surface area contributed by atoms with Gasteiger partial charge in [-0.1, -0.05) is 42.5 Å². The van der Waals surface area contributed by atoms with Crippen LogP contribution >= 0.6 is 11.3 Å². The Kier molecular flexibility index (Phi) is 6.57. The van der Waals surface area contributed by atoms with Crippen molar-refractivity contribution in [3.8, 4) is 16.3 Å². The summed E-state index contributed by atoms with van der Waals surface area (Å²) in [7, 11) is 3.08. The lowest BCUT2D eigenvalue weighted by Gasteiger charge is -2.26. The van der Waals surface area contributed by atoms with E-state index in [1.807, 2.05) is 30.3 Å². The number of benzene rings is 2. The van der Waals surface area contributed by atoms with Gasteiger partial charge in [0.25, 0.3) is 5.91 Å². The highest BCUT2D eigenvalue weighted by molar-refractivity contribution is 7.17. The maximum absolute atomic E-state index is 13.7. The molecule has 1 aromatic heterocycles. The molecule has 0 spiro atoms. The first-order valence-corrected chi connectivity index (χ1v) is 11.2. The lowest BCUT2D eigenvalue weighted by Crippen LogP contribution is -2.34. The number of aliphatic hydroxyl groups excluding tert-OH is 1. The Morgan fingerprint density at radius 2 is 1.91 bits per heavy atom. The van der Waals surface area contributed by atoms with Crippen molar-refractivity contribution in [3.63, 3.8) is 0 Å². The molecule has 0 radical (unpaired) electrons. The minimum absolute atomic E-state index is 0.0377. The van der Waals surface area contributed by atoms with E-state index in [0.29, 0.717) is 26.9 Å². The summed E-state index contributed by atoms with van der Waals surface area (Å²) in [6, 6.07) is 15.9. The molecule has 1 aliphatic heterocycles. The van der Waals surface area contributed by atoms with Crippen LogP contribution in [0.1, 0.15) is 27.0 Å². The SMILES string of the molecule is COCCN1C(=O)C(O)=C(C(=O)c2sc(-c3ccccc3)nc2C)C1c1cccc(OC)c1. The molecule has 0 fully saturated rings. The van der Waals surface area contributed by atoms with Crippen molar-refractivity contribution in [2.24, 2.45) is 0 Å². The molecular formula is C25H24N2O5S. The van der Waals surface area contributed by atoms with Gasteiger partial charge in [-0.25, -0.2) is 4.98 Å². The Morgan fingerprint density at radius 1 is 1.15 bits per heavy atom. The van der Waals surface area contributed by atoms with Crippen molar-refractivity contribution in [2.45, 2.75) is 13.0 Å². The average molecular weight is 465 g/mol. The van der Waals surface area contributed by atoms with Crippen LogP contribution in [0.5, 0.6) is 5.75 Å². The van der Waals surface area contributed by atoms with Crippen molar-refractivity contribution in [2.75, 3.05) is 27.4 Å². The van der Waals surface area contributed by atoms with Crippen LogP contribution in [0.4, 0.5) is 0 Å². The third kappa shape index (κ3) is 4.27. The first-order chi connectivity index (χ1) is 16.0. The number of carbonyl (C=O) groups excluding carboxylic acids is 2. The Labute approximate surface area is 195 Å². The van der Waals surface area contributed by atoms with Gasteiger partial charge in [0.15, 0.2) is 5.76 Å². The maximum Gasteiger partial charge on any atom is 0.290 e. The molecule has 1 atom stereocenters. The highest BCUT2D eigenvalue weighted by atomic mass is 32.1. The van der Waals surface area contributed by atoms with Gasteiger partial charge in [-0.05, 0) is 24.6 Å². The highest BCUT2D eigenvalue weighted by Gasteiger charge is 2.44. The molecule has 2 aromatic carbocycles. The molecule has 170 valence electrons. The number of aromatic nitrogens is 1. The smallest absolute Gasteiger partial charge is 0.290 e. The molecule has 1 N–H and O–H groups in total. The zero-order chi connectivity index (χ0) is 23.5. The third-order valence-corrected chi connectivity index (χ3v) is 6.72.